The molecular formula is C47H49N5O4S. The van der Waals surface area contributed by atoms with Crippen molar-refractivity contribution in [2.24, 2.45) is 5.92 Å². The average Bonchev–Trinajstić information content (AvgIpc) is 3.65. The predicted molar refractivity (Wildman–Crippen MR) is 228 cm³/mol. The van der Waals surface area contributed by atoms with Crippen molar-refractivity contribution in [3.63, 3.8) is 0 Å². The molecule has 292 valence electrons. The second-order valence-electron chi connectivity index (χ2n) is 15.4. The van der Waals surface area contributed by atoms with Gasteiger partial charge in [-0.05, 0) is 121 Å². The Morgan fingerprint density at radius 1 is 0.842 bits per heavy atom. The second-order valence-corrected chi connectivity index (χ2v) is 16.7. The third-order valence-corrected chi connectivity index (χ3v) is 12.9. The Hall–Kier alpha value is -5.42. The van der Waals surface area contributed by atoms with E-state index in [4.69, 9.17) is 9.47 Å². The first-order chi connectivity index (χ1) is 28.0. The van der Waals surface area contributed by atoms with Crippen molar-refractivity contribution in [1.82, 2.24) is 14.6 Å². The van der Waals surface area contributed by atoms with Crippen LogP contribution in [0.15, 0.2) is 120 Å². The summed E-state index contributed by atoms with van der Waals surface area (Å²) in [4.78, 5) is 22.7. The lowest BCUT2D eigenvalue weighted by molar-refractivity contribution is 0.0699. The van der Waals surface area contributed by atoms with Crippen LogP contribution in [0.25, 0.3) is 10.9 Å². The van der Waals surface area contributed by atoms with Crippen LogP contribution in [0.5, 0.6) is 11.5 Å². The molecule has 0 spiro atoms. The zero-order valence-electron chi connectivity index (χ0n) is 32.3. The minimum atomic E-state index is -1.78. The molecule has 0 bridgehead atoms. The van der Waals surface area contributed by atoms with E-state index in [1.165, 1.54) is 22.3 Å². The van der Waals surface area contributed by atoms with Gasteiger partial charge in [0, 0.05) is 80.5 Å². The van der Waals surface area contributed by atoms with Crippen molar-refractivity contribution in [1.29, 1.82) is 0 Å². The van der Waals surface area contributed by atoms with Crippen LogP contribution in [0.2, 0.25) is 0 Å². The first-order valence-corrected chi connectivity index (χ1v) is 21.3. The SMILES string of the molecule is Cc1cc(S(=O)NC(=O)c2ccc(N3CCN(C4c5ccccc5CCc5ccccc54)CC3)cc2Oc2ccc3[nH]ccc3c2)ccc1NCC1CCOCC1. The summed E-state index contributed by atoms with van der Waals surface area (Å²) < 4.78 is 28.4. The van der Waals surface area contributed by atoms with E-state index >= 15 is 0 Å². The highest BCUT2D eigenvalue weighted by Gasteiger charge is 2.31. The number of benzene rings is 5. The first kappa shape index (κ1) is 37.2. The van der Waals surface area contributed by atoms with Crippen LogP contribution in [0.4, 0.5) is 11.4 Å². The maximum atomic E-state index is 13.9. The summed E-state index contributed by atoms with van der Waals surface area (Å²) in [5.74, 6) is 1.14. The molecule has 0 radical (unpaired) electrons. The van der Waals surface area contributed by atoms with Gasteiger partial charge >= 0.3 is 0 Å². The molecule has 5 aromatic carbocycles. The van der Waals surface area contributed by atoms with Crippen molar-refractivity contribution in [2.75, 3.05) is 56.2 Å². The van der Waals surface area contributed by atoms with E-state index in [2.05, 4.69) is 73.4 Å². The molecule has 1 aromatic heterocycles. The van der Waals surface area contributed by atoms with Crippen LogP contribution >= 0.6 is 0 Å². The largest absolute Gasteiger partial charge is 0.456 e. The molecule has 1 aliphatic carbocycles. The molecule has 10 heteroatoms. The molecule has 1 amide bonds. The molecule has 2 saturated heterocycles. The predicted octanol–water partition coefficient (Wildman–Crippen LogP) is 8.57. The van der Waals surface area contributed by atoms with E-state index in [-0.39, 0.29) is 6.04 Å². The highest BCUT2D eigenvalue weighted by Crippen LogP contribution is 2.38. The zero-order valence-corrected chi connectivity index (χ0v) is 33.2. The molecule has 9 rings (SSSR count). The molecule has 57 heavy (non-hydrogen) atoms. The van der Waals surface area contributed by atoms with Crippen molar-refractivity contribution < 1.29 is 18.5 Å². The highest BCUT2D eigenvalue weighted by molar-refractivity contribution is 7.83. The molecule has 2 fully saturated rings. The molecular weight excluding hydrogens is 731 g/mol. The number of carbonyl (C=O) groups excluding carboxylic acids is 1. The fraction of sp³-hybridized carbons (Fsp3) is 0.298. The Bertz CT molecular complexity index is 2370. The Morgan fingerprint density at radius 2 is 1.58 bits per heavy atom. The van der Waals surface area contributed by atoms with E-state index in [1.807, 2.05) is 67.7 Å². The summed E-state index contributed by atoms with van der Waals surface area (Å²) in [7, 11) is -1.78. The van der Waals surface area contributed by atoms with E-state index < -0.39 is 16.9 Å². The maximum absolute atomic E-state index is 13.9. The monoisotopic (exact) mass is 779 g/mol. The number of ether oxygens (including phenoxy) is 2. The third kappa shape index (κ3) is 8.08. The number of fused-ring (bicyclic) bond motifs is 3. The first-order valence-electron chi connectivity index (χ1n) is 20.2. The van der Waals surface area contributed by atoms with Gasteiger partial charge in [0.1, 0.15) is 11.5 Å². The van der Waals surface area contributed by atoms with Crippen LogP contribution in [0.1, 0.15) is 57.1 Å². The van der Waals surface area contributed by atoms with Gasteiger partial charge in [-0.2, -0.15) is 0 Å². The number of piperazine rings is 1. The van der Waals surface area contributed by atoms with Gasteiger partial charge in [-0.3, -0.25) is 14.4 Å². The maximum Gasteiger partial charge on any atom is 0.266 e. The summed E-state index contributed by atoms with van der Waals surface area (Å²) in [6.07, 6.45) is 6.10. The Balaban J connectivity index is 0.935. The summed E-state index contributed by atoms with van der Waals surface area (Å²) in [5.41, 5.74) is 9.96. The quantitative estimate of drug-likeness (QED) is 0.128. The van der Waals surface area contributed by atoms with E-state index in [1.54, 1.807) is 6.07 Å². The lowest BCUT2D eigenvalue weighted by atomic mass is 9.92. The number of carbonyl (C=O) groups is 1. The number of hydrogen-bond acceptors (Lipinski definition) is 7. The third-order valence-electron chi connectivity index (χ3n) is 11.9. The molecule has 6 aromatic rings. The van der Waals surface area contributed by atoms with Crippen molar-refractivity contribution >= 4 is 39.2 Å². The number of aryl methyl sites for hydroxylation is 3. The normalized spacial score (nSPS) is 17.0. The molecule has 1 unspecified atom stereocenters. The molecule has 9 nitrogen and oxygen atoms in total. The number of anilines is 2. The molecule has 2 aliphatic heterocycles. The number of hydrogen-bond donors (Lipinski definition) is 3. The summed E-state index contributed by atoms with van der Waals surface area (Å²) >= 11 is 0. The number of rotatable bonds is 10. The van der Waals surface area contributed by atoms with Crippen molar-refractivity contribution in [3.05, 3.63) is 149 Å². The van der Waals surface area contributed by atoms with Gasteiger partial charge in [-0.1, -0.05) is 48.5 Å². The van der Waals surface area contributed by atoms with E-state index in [0.717, 1.165) is 99.5 Å². The van der Waals surface area contributed by atoms with Crippen molar-refractivity contribution in [2.45, 2.75) is 43.5 Å². The van der Waals surface area contributed by atoms with Crippen molar-refractivity contribution in [3.8, 4) is 11.5 Å². The number of aromatic amines is 1. The molecule has 0 saturated carbocycles. The van der Waals surface area contributed by atoms with Crippen LogP contribution in [-0.4, -0.2) is 65.9 Å². The smallest absolute Gasteiger partial charge is 0.266 e. The number of nitrogens with one attached hydrogen (secondary N) is 3. The summed E-state index contributed by atoms with van der Waals surface area (Å²) in [6, 6.07) is 37.2. The number of aromatic nitrogens is 1. The van der Waals surface area contributed by atoms with Gasteiger partial charge < -0.3 is 24.7 Å². The van der Waals surface area contributed by atoms with Gasteiger partial charge in [0.15, 0.2) is 11.0 Å². The van der Waals surface area contributed by atoms with Gasteiger partial charge in [0.2, 0.25) is 0 Å². The van der Waals surface area contributed by atoms with Gasteiger partial charge in [-0.25, -0.2) is 4.21 Å². The average molecular weight is 780 g/mol. The topological polar surface area (TPSA) is 98.9 Å². The minimum Gasteiger partial charge on any atom is -0.456 e. The fourth-order valence-electron chi connectivity index (χ4n) is 8.68. The molecule has 1 atom stereocenters. The van der Waals surface area contributed by atoms with Gasteiger partial charge in [0.05, 0.1) is 16.5 Å². The van der Waals surface area contributed by atoms with E-state index in [0.29, 0.717) is 27.9 Å². The summed E-state index contributed by atoms with van der Waals surface area (Å²) in [5, 5.41) is 4.56. The van der Waals surface area contributed by atoms with Crippen LogP contribution < -0.4 is 19.7 Å². The lowest BCUT2D eigenvalue weighted by Crippen LogP contribution is -2.48. The fourth-order valence-corrected chi connectivity index (χ4v) is 9.55. The number of H-pyrrole nitrogens is 1. The molecule has 3 heterocycles. The standard InChI is InChI=1S/C47H49N5O4S/c1-32-28-39(14-17-43(32)49-31-33-19-26-55-27-20-33)57(54)50-47(53)42-15-12-37(30-45(42)56-38-13-16-44-36(29-38)18-21-48-44)51-22-24-52(25-23-51)46-40-8-4-2-6-34(40)10-11-35-7-3-5-9-41(35)46/h2-9,12-18,21,28-30,33,46,48-49H,10-11,19-20,22-27,31H2,1H3,(H,50,53). The highest BCUT2D eigenvalue weighted by atomic mass is 32.2. The Labute approximate surface area is 337 Å². The Morgan fingerprint density at radius 3 is 2.32 bits per heavy atom. The van der Waals surface area contributed by atoms with Gasteiger partial charge in [0.25, 0.3) is 5.91 Å². The van der Waals surface area contributed by atoms with Crippen LogP contribution in [-0.2, 0) is 28.6 Å². The minimum absolute atomic E-state index is 0.213. The molecule has 3 aliphatic rings. The van der Waals surface area contributed by atoms with Gasteiger partial charge in [-0.15, -0.1) is 0 Å². The second kappa shape index (κ2) is 16.6. The van der Waals surface area contributed by atoms with Crippen LogP contribution in [0.3, 0.4) is 0 Å². The zero-order chi connectivity index (χ0) is 38.7. The lowest BCUT2D eigenvalue weighted by Gasteiger charge is -2.41. The number of amides is 1. The van der Waals surface area contributed by atoms with E-state index in [9.17, 15) is 9.00 Å². The number of nitrogens with zero attached hydrogens (tertiary/aromatic N) is 2. The summed E-state index contributed by atoms with van der Waals surface area (Å²) in [6.45, 7) is 7.91. The van der Waals surface area contributed by atoms with Crippen LogP contribution in [0, 0.1) is 12.8 Å². The molecule has 3 N–H and O–H groups in total. The Kier molecular flexibility index (Phi) is 10.8.